The smallest absolute Gasteiger partial charge is 0.123 e. The molecule has 0 fully saturated rings. The van der Waals surface area contributed by atoms with E-state index >= 15 is 0 Å². The molecule has 2 heteroatoms. The molecule has 2 rings (SSSR count). The van der Waals surface area contributed by atoms with Crippen molar-refractivity contribution in [2.75, 3.05) is 0 Å². The second-order valence-corrected chi connectivity index (χ2v) is 6.35. The molecule has 0 aliphatic heterocycles. The van der Waals surface area contributed by atoms with E-state index in [-0.39, 0.29) is 17.3 Å². The van der Waals surface area contributed by atoms with Gasteiger partial charge in [0, 0.05) is 0 Å². The summed E-state index contributed by atoms with van der Waals surface area (Å²) in [5, 5.41) is 0. The molecule has 106 valence electrons. The summed E-state index contributed by atoms with van der Waals surface area (Å²) in [4.78, 5) is 0. The molecule has 1 nitrogen and oxygen atoms in total. The Morgan fingerprint density at radius 1 is 1.00 bits per heavy atom. The molecular formula is C18H22FN. The summed E-state index contributed by atoms with van der Waals surface area (Å²) in [6.07, 6.45) is 0. The van der Waals surface area contributed by atoms with Crippen LogP contribution in [-0.2, 0) is 5.41 Å². The van der Waals surface area contributed by atoms with Gasteiger partial charge in [-0.25, -0.2) is 4.39 Å². The Labute approximate surface area is 120 Å². The van der Waals surface area contributed by atoms with Gasteiger partial charge in [0.15, 0.2) is 0 Å². The lowest BCUT2D eigenvalue weighted by molar-refractivity contribution is 0.589. The van der Waals surface area contributed by atoms with Crippen molar-refractivity contribution in [3.63, 3.8) is 0 Å². The van der Waals surface area contributed by atoms with E-state index in [2.05, 4.69) is 45.0 Å². The van der Waals surface area contributed by atoms with Gasteiger partial charge in [-0.05, 0) is 46.7 Å². The normalized spacial score (nSPS) is 13.3. The molecule has 20 heavy (non-hydrogen) atoms. The highest BCUT2D eigenvalue weighted by Gasteiger charge is 2.15. The lowest BCUT2D eigenvalue weighted by Gasteiger charge is -2.21. The monoisotopic (exact) mass is 271 g/mol. The van der Waals surface area contributed by atoms with E-state index in [0.29, 0.717) is 0 Å². The van der Waals surface area contributed by atoms with E-state index in [9.17, 15) is 4.39 Å². The predicted octanol–water partition coefficient (Wildman–Crippen LogP) is 4.48. The second kappa shape index (κ2) is 5.37. The molecule has 0 spiro atoms. The van der Waals surface area contributed by atoms with E-state index < -0.39 is 0 Å². The first-order valence-corrected chi connectivity index (χ1v) is 6.91. The van der Waals surface area contributed by atoms with Crippen LogP contribution < -0.4 is 5.73 Å². The molecule has 0 radical (unpaired) electrons. The van der Waals surface area contributed by atoms with Crippen molar-refractivity contribution in [1.29, 1.82) is 0 Å². The first-order chi connectivity index (χ1) is 9.29. The number of hydrogen-bond donors (Lipinski definition) is 1. The Bertz CT molecular complexity index is 594. The third kappa shape index (κ3) is 3.07. The van der Waals surface area contributed by atoms with Crippen LogP contribution in [0.5, 0.6) is 0 Å². The fraction of sp³-hybridized carbons (Fsp3) is 0.333. The van der Waals surface area contributed by atoms with Gasteiger partial charge in [-0.1, -0.05) is 51.1 Å². The largest absolute Gasteiger partial charge is 0.320 e. The molecule has 0 saturated carbocycles. The maximum Gasteiger partial charge on any atom is 0.123 e. The summed E-state index contributed by atoms with van der Waals surface area (Å²) >= 11 is 0. The zero-order chi connectivity index (χ0) is 14.9. The minimum absolute atomic E-state index is 0.133. The van der Waals surface area contributed by atoms with Gasteiger partial charge < -0.3 is 5.73 Å². The van der Waals surface area contributed by atoms with Crippen molar-refractivity contribution in [3.05, 3.63) is 70.5 Å². The Morgan fingerprint density at radius 3 is 2.10 bits per heavy atom. The van der Waals surface area contributed by atoms with Crippen LogP contribution in [0.4, 0.5) is 4.39 Å². The number of aryl methyl sites for hydroxylation is 1. The summed E-state index contributed by atoms with van der Waals surface area (Å²) in [5.74, 6) is -0.221. The molecule has 0 aromatic heterocycles. The highest BCUT2D eigenvalue weighted by molar-refractivity contribution is 5.38. The zero-order valence-electron chi connectivity index (χ0n) is 12.6. The molecule has 2 aromatic carbocycles. The average Bonchev–Trinajstić information content (AvgIpc) is 2.37. The molecular weight excluding hydrogens is 249 g/mol. The molecule has 0 heterocycles. The highest BCUT2D eigenvalue weighted by atomic mass is 19.1. The summed E-state index contributed by atoms with van der Waals surface area (Å²) in [5.41, 5.74) is 10.6. The third-order valence-corrected chi connectivity index (χ3v) is 3.70. The number of rotatable bonds is 2. The number of benzene rings is 2. The van der Waals surface area contributed by atoms with E-state index in [4.69, 9.17) is 5.73 Å². The van der Waals surface area contributed by atoms with Crippen molar-refractivity contribution in [3.8, 4) is 0 Å². The van der Waals surface area contributed by atoms with Crippen LogP contribution in [0.2, 0.25) is 0 Å². The van der Waals surface area contributed by atoms with Gasteiger partial charge >= 0.3 is 0 Å². The summed E-state index contributed by atoms with van der Waals surface area (Å²) in [6, 6.07) is 12.9. The molecule has 1 unspecified atom stereocenters. The Hall–Kier alpha value is -1.67. The minimum atomic E-state index is -0.221. The number of hydrogen-bond acceptors (Lipinski definition) is 1. The van der Waals surface area contributed by atoms with E-state index in [1.54, 1.807) is 6.07 Å². The fourth-order valence-electron chi connectivity index (χ4n) is 2.36. The van der Waals surface area contributed by atoms with Crippen LogP contribution in [-0.4, -0.2) is 0 Å². The van der Waals surface area contributed by atoms with Gasteiger partial charge in [0.05, 0.1) is 6.04 Å². The topological polar surface area (TPSA) is 26.0 Å². The number of nitrogens with two attached hydrogens (primary N) is 1. The summed E-state index contributed by atoms with van der Waals surface area (Å²) in [7, 11) is 0. The van der Waals surface area contributed by atoms with Crippen molar-refractivity contribution < 1.29 is 4.39 Å². The first kappa shape index (κ1) is 14.7. The molecule has 0 bridgehead atoms. The van der Waals surface area contributed by atoms with Crippen molar-refractivity contribution >= 4 is 0 Å². The van der Waals surface area contributed by atoms with Gasteiger partial charge in [0.25, 0.3) is 0 Å². The van der Waals surface area contributed by atoms with E-state index in [0.717, 1.165) is 16.7 Å². The van der Waals surface area contributed by atoms with Crippen LogP contribution in [0.1, 0.15) is 49.1 Å². The Kier molecular flexibility index (Phi) is 3.96. The molecule has 0 aliphatic carbocycles. The second-order valence-electron chi connectivity index (χ2n) is 6.35. The minimum Gasteiger partial charge on any atom is -0.320 e. The molecule has 0 saturated heterocycles. The lowest BCUT2D eigenvalue weighted by atomic mass is 9.85. The van der Waals surface area contributed by atoms with Gasteiger partial charge in [-0.3, -0.25) is 0 Å². The van der Waals surface area contributed by atoms with Crippen LogP contribution in [0, 0.1) is 12.7 Å². The van der Waals surface area contributed by atoms with Gasteiger partial charge in [0.2, 0.25) is 0 Å². The standard InChI is InChI=1S/C18H22FN/c1-12-11-15(19)9-10-16(12)17(20)13-5-7-14(8-6-13)18(2,3)4/h5-11,17H,20H2,1-4H3. The highest BCUT2D eigenvalue weighted by Crippen LogP contribution is 2.27. The third-order valence-electron chi connectivity index (χ3n) is 3.70. The van der Waals surface area contributed by atoms with Gasteiger partial charge in [-0.2, -0.15) is 0 Å². The van der Waals surface area contributed by atoms with Crippen LogP contribution >= 0.6 is 0 Å². The molecule has 2 aromatic rings. The quantitative estimate of drug-likeness (QED) is 0.856. The van der Waals surface area contributed by atoms with Gasteiger partial charge in [0.1, 0.15) is 5.82 Å². The average molecular weight is 271 g/mol. The first-order valence-electron chi connectivity index (χ1n) is 6.91. The molecule has 1 atom stereocenters. The summed E-state index contributed by atoms with van der Waals surface area (Å²) < 4.78 is 13.2. The number of halogens is 1. The maximum absolute atomic E-state index is 13.2. The lowest BCUT2D eigenvalue weighted by Crippen LogP contribution is -2.15. The van der Waals surface area contributed by atoms with Crippen molar-refractivity contribution in [1.82, 2.24) is 0 Å². The SMILES string of the molecule is Cc1cc(F)ccc1C(N)c1ccc(C(C)(C)C)cc1. The molecule has 0 amide bonds. The van der Waals surface area contributed by atoms with E-state index in [1.807, 2.05) is 6.92 Å². The van der Waals surface area contributed by atoms with Gasteiger partial charge in [-0.15, -0.1) is 0 Å². The molecule has 2 N–H and O–H groups in total. The Balaban J connectivity index is 2.31. The van der Waals surface area contributed by atoms with Crippen LogP contribution in [0.3, 0.4) is 0 Å². The van der Waals surface area contributed by atoms with E-state index in [1.165, 1.54) is 17.7 Å². The molecule has 0 aliphatic rings. The fourth-order valence-corrected chi connectivity index (χ4v) is 2.36. The Morgan fingerprint density at radius 2 is 1.60 bits per heavy atom. The summed E-state index contributed by atoms with van der Waals surface area (Å²) in [6.45, 7) is 8.45. The van der Waals surface area contributed by atoms with Crippen molar-refractivity contribution in [2.45, 2.75) is 39.2 Å². The maximum atomic E-state index is 13.2. The predicted molar refractivity (Wildman–Crippen MR) is 82.3 cm³/mol. The zero-order valence-corrected chi connectivity index (χ0v) is 12.6. The van der Waals surface area contributed by atoms with Crippen LogP contribution in [0.15, 0.2) is 42.5 Å². The van der Waals surface area contributed by atoms with Crippen molar-refractivity contribution in [2.24, 2.45) is 5.73 Å². The van der Waals surface area contributed by atoms with Crippen LogP contribution in [0.25, 0.3) is 0 Å².